The van der Waals surface area contributed by atoms with Crippen LogP contribution in [0.15, 0.2) is 65.6 Å². The van der Waals surface area contributed by atoms with Crippen LogP contribution in [0, 0.1) is 12.8 Å². The molecule has 0 aliphatic heterocycles. The number of fused-ring (bicyclic) bond motifs is 1. The summed E-state index contributed by atoms with van der Waals surface area (Å²) in [5, 5.41) is 13.1. The molecule has 9 nitrogen and oxygen atoms in total. The molecule has 0 fully saturated rings. The number of hydrogen-bond donors (Lipinski definition) is 4. The van der Waals surface area contributed by atoms with Crippen molar-refractivity contribution in [2.45, 2.75) is 83.9 Å². The van der Waals surface area contributed by atoms with Crippen LogP contribution in [-0.2, 0) is 27.8 Å². The zero-order valence-electron chi connectivity index (χ0n) is 27.3. The number of nitrogens with zero attached hydrogens (tertiary/aromatic N) is 2. The lowest BCUT2D eigenvalue weighted by molar-refractivity contribution is -0.134. The van der Waals surface area contributed by atoms with Gasteiger partial charge in [0.25, 0.3) is 21.8 Å². The number of imidazole rings is 1. The normalized spacial score (nSPS) is 12.8. The van der Waals surface area contributed by atoms with Crippen LogP contribution in [0.25, 0.3) is 22.2 Å². The molecule has 3 N–H and O–H groups in total. The Morgan fingerprint density at radius 3 is 2.35 bits per heavy atom. The summed E-state index contributed by atoms with van der Waals surface area (Å²) in [6, 6.07) is 17.7. The Morgan fingerprint density at radius 1 is 1.07 bits per heavy atom. The molecule has 3 aromatic carbocycles. The first-order chi connectivity index (χ1) is 21.6. The number of nitrogens with one attached hydrogen (secondary N) is 2. The number of benzene rings is 3. The van der Waals surface area contributed by atoms with Gasteiger partial charge >= 0.3 is 0 Å². The summed E-state index contributed by atoms with van der Waals surface area (Å²) in [5.74, 6) is 0.774. The number of aromatic nitrogens is 2. The first-order valence-corrected chi connectivity index (χ1v) is 17.7. The van der Waals surface area contributed by atoms with Crippen LogP contribution < -0.4 is 10.0 Å². The lowest BCUT2D eigenvalue weighted by Crippen LogP contribution is -2.44. The number of carbonyl (C=O) groups is 2. The number of sulfonamides is 1. The van der Waals surface area contributed by atoms with E-state index < -0.39 is 21.5 Å². The molecule has 1 atom stereocenters. The Morgan fingerprint density at radius 2 is 1.74 bits per heavy atom. The minimum absolute atomic E-state index is 0.0242. The van der Waals surface area contributed by atoms with E-state index in [9.17, 15) is 23.1 Å². The van der Waals surface area contributed by atoms with E-state index in [4.69, 9.17) is 4.98 Å². The molecular formula is C35H44N4O5S2. The number of hydrogen-bond acceptors (Lipinski definition) is 7. The maximum Gasteiger partial charge on any atom is 0.265 e. The molecule has 11 heteroatoms. The van der Waals surface area contributed by atoms with Crippen LogP contribution in [0.4, 0.5) is 0 Å². The van der Waals surface area contributed by atoms with Crippen LogP contribution in [0.3, 0.4) is 0 Å². The topological polar surface area (TPSA) is 130 Å². The Kier molecular flexibility index (Phi) is 11.0. The molecule has 0 saturated carbocycles. The predicted octanol–water partition coefficient (Wildman–Crippen LogP) is 5.66. The van der Waals surface area contributed by atoms with Gasteiger partial charge in [0.15, 0.2) is 0 Å². The third kappa shape index (κ3) is 8.18. The maximum absolute atomic E-state index is 13.3. The first-order valence-electron chi connectivity index (χ1n) is 15.5. The third-order valence-electron chi connectivity index (χ3n) is 7.74. The number of amides is 2. The second-order valence-corrected chi connectivity index (χ2v) is 14.7. The summed E-state index contributed by atoms with van der Waals surface area (Å²) in [6.45, 7) is 11.3. The van der Waals surface area contributed by atoms with E-state index >= 15 is 0 Å². The Balaban J connectivity index is 1.67. The summed E-state index contributed by atoms with van der Waals surface area (Å²) >= 11 is 4.44. The quantitative estimate of drug-likeness (QED) is 0.137. The van der Waals surface area contributed by atoms with Gasteiger partial charge in [0.05, 0.1) is 15.9 Å². The molecule has 0 aliphatic rings. The SMILES string of the molecule is CCCc1nc2c(C)cc(C(=O)N[C@@H](CS)CC(C)C)cc2n1Cc1ccc(-c2ccccc2S(=O)(=O)NC(=O)C(C)(C)O)cc1. The fourth-order valence-electron chi connectivity index (χ4n) is 5.39. The van der Waals surface area contributed by atoms with Gasteiger partial charge in [-0.25, -0.2) is 18.1 Å². The Bertz CT molecular complexity index is 1820. The molecular weight excluding hydrogens is 621 g/mol. The van der Waals surface area contributed by atoms with Crippen molar-refractivity contribution in [1.29, 1.82) is 0 Å². The monoisotopic (exact) mass is 664 g/mol. The molecule has 0 bridgehead atoms. The van der Waals surface area contributed by atoms with Crippen molar-refractivity contribution in [3.8, 4) is 11.1 Å². The van der Waals surface area contributed by atoms with Gasteiger partial charge in [-0.05, 0) is 74.4 Å². The minimum atomic E-state index is -4.25. The average molecular weight is 665 g/mol. The number of aliphatic hydroxyl groups is 1. The zero-order valence-corrected chi connectivity index (χ0v) is 29.0. The van der Waals surface area contributed by atoms with Crippen LogP contribution in [-0.4, -0.2) is 52.3 Å². The van der Waals surface area contributed by atoms with E-state index in [1.807, 2.05) is 48.0 Å². The second kappa shape index (κ2) is 14.4. The van der Waals surface area contributed by atoms with Gasteiger partial charge in [-0.2, -0.15) is 12.6 Å². The maximum atomic E-state index is 13.3. The number of aryl methyl sites for hydroxylation is 2. The summed E-state index contributed by atoms with van der Waals surface area (Å²) in [4.78, 5) is 30.5. The van der Waals surface area contributed by atoms with Crippen LogP contribution in [0.2, 0.25) is 0 Å². The van der Waals surface area contributed by atoms with Crippen molar-refractivity contribution >= 4 is 45.5 Å². The van der Waals surface area contributed by atoms with E-state index in [2.05, 4.69) is 43.3 Å². The van der Waals surface area contributed by atoms with E-state index in [0.29, 0.717) is 34.9 Å². The van der Waals surface area contributed by atoms with Crippen molar-refractivity contribution in [1.82, 2.24) is 19.6 Å². The van der Waals surface area contributed by atoms with Crippen molar-refractivity contribution in [2.24, 2.45) is 5.92 Å². The molecule has 246 valence electrons. The summed E-state index contributed by atoms with van der Waals surface area (Å²) in [5.41, 5.74) is 3.43. The average Bonchev–Trinajstić information content (AvgIpc) is 3.33. The molecule has 1 heterocycles. The van der Waals surface area contributed by atoms with Crippen LogP contribution in [0.1, 0.15) is 74.8 Å². The molecule has 0 aliphatic carbocycles. The van der Waals surface area contributed by atoms with Gasteiger partial charge in [0, 0.05) is 35.9 Å². The highest BCUT2D eigenvalue weighted by Gasteiger charge is 2.30. The number of carbonyl (C=O) groups excluding carboxylic acids is 2. The fraction of sp³-hybridized carbons (Fsp3) is 0.400. The van der Waals surface area contributed by atoms with Gasteiger partial charge in [0.1, 0.15) is 11.4 Å². The van der Waals surface area contributed by atoms with E-state index in [1.165, 1.54) is 19.9 Å². The molecule has 0 unspecified atom stereocenters. The van der Waals surface area contributed by atoms with Gasteiger partial charge in [0.2, 0.25) is 0 Å². The van der Waals surface area contributed by atoms with E-state index in [-0.39, 0.29) is 16.8 Å². The summed E-state index contributed by atoms with van der Waals surface area (Å²) in [6.07, 6.45) is 2.52. The highest BCUT2D eigenvalue weighted by Crippen LogP contribution is 2.29. The molecule has 0 saturated heterocycles. The largest absolute Gasteiger partial charge is 0.381 e. The predicted molar refractivity (Wildman–Crippen MR) is 186 cm³/mol. The summed E-state index contributed by atoms with van der Waals surface area (Å²) in [7, 11) is -4.25. The first kappa shape index (κ1) is 35.2. The van der Waals surface area contributed by atoms with Gasteiger partial charge in [-0.3, -0.25) is 9.59 Å². The Labute approximate surface area is 277 Å². The fourth-order valence-corrected chi connectivity index (χ4v) is 6.97. The lowest BCUT2D eigenvalue weighted by atomic mass is 10.0. The second-order valence-electron chi connectivity index (χ2n) is 12.7. The van der Waals surface area contributed by atoms with Crippen LogP contribution in [0.5, 0.6) is 0 Å². The van der Waals surface area contributed by atoms with E-state index in [0.717, 1.165) is 47.2 Å². The Hall–Kier alpha value is -3.67. The van der Waals surface area contributed by atoms with Crippen molar-refractivity contribution < 1.29 is 23.1 Å². The van der Waals surface area contributed by atoms with Crippen molar-refractivity contribution in [3.63, 3.8) is 0 Å². The van der Waals surface area contributed by atoms with Crippen molar-refractivity contribution in [3.05, 3.63) is 83.2 Å². The smallest absolute Gasteiger partial charge is 0.265 e. The number of thiol groups is 1. The number of rotatable bonds is 13. The molecule has 46 heavy (non-hydrogen) atoms. The molecule has 1 aromatic heterocycles. The lowest BCUT2D eigenvalue weighted by Gasteiger charge is -2.19. The molecule has 0 radical (unpaired) electrons. The van der Waals surface area contributed by atoms with Crippen molar-refractivity contribution in [2.75, 3.05) is 5.75 Å². The summed E-state index contributed by atoms with van der Waals surface area (Å²) < 4.78 is 30.4. The highest BCUT2D eigenvalue weighted by atomic mass is 32.2. The van der Waals surface area contributed by atoms with Gasteiger partial charge < -0.3 is 15.0 Å². The third-order valence-corrected chi connectivity index (χ3v) is 9.57. The molecule has 4 aromatic rings. The van der Waals surface area contributed by atoms with Crippen LogP contribution >= 0.6 is 12.6 Å². The van der Waals surface area contributed by atoms with Gasteiger partial charge in [-0.1, -0.05) is 63.2 Å². The minimum Gasteiger partial charge on any atom is -0.381 e. The molecule has 2 amide bonds. The molecule has 0 spiro atoms. The van der Waals surface area contributed by atoms with E-state index in [1.54, 1.807) is 18.2 Å². The highest BCUT2D eigenvalue weighted by molar-refractivity contribution is 7.90. The standard InChI is InChI=1S/C35H44N4O5S2/c1-7-10-31-37-32-23(4)18-26(33(40)36-27(21-45)17-22(2)3)19-29(32)39(31)20-24-13-15-25(16-14-24)28-11-8-9-12-30(28)46(43,44)38-34(41)35(5,6)42/h8-9,11-16,18-19,22,27,42,45H,7,10,17,20-21H2,1-6H3,(H,36,40)(H,38,41)/t27-/m1/s1. The molecule has 4 rings (SSSR count). The van der Waals surface area contributed by atoms with Gasteiger partial charge in [-0.15, -0.1) is 0 Å². The zero-order chi connectivity index (χ0) is 33.8.